The van der Waals surface area contributed by atoms with Crippen LogP contribution in [0.2, 0.25) is 0 Å². The maximum Gasteiger partial charge on any atom is 0.251 e. The molecule has 1 heterocycles. The van der Waals surface area contributed by atoms with Crippen LogP contribution >= 0.6 is 0 Å². The molecule has 2 aromatic carbocycles. The van der Waals surface area contributed by atoms with Crippen LogP contribution in [-0.2, 0) is 17.8 Å². The van der Waals surface area contributed by atoms with E-state index in [0.29, 0.717) is 31.1 Å². The van der Waals surface area contributed by atoms with Crippen LogP contribution < -0.4 is 5.32 Å². The fourth-order valence-electron chi connectivity index (χ4n) is 4.67. The summed E-state index contributed by atoms with van der Waals surface area (Å²) < 4.78 is 2.05. The Kier molecular flexibility index (Phi) is 7.43. The van der Waals surface area contributed by atoms with Gasteiger partial charge in [0, 0.05) is 31.6 Å². The normalized spacial score (nSPS) is 14.4. The van der Waals surface area contributed by atoms with Crippen molar-refractivity contribution in [3.63, 3.8) is 0 Å². The first kappa shape index (κ1) is 23.0. The Morgan fingerprint density at radius 2 is 1.79 bits per heavy atom. The van der Waals surface area contributed by atoms with Crippen LogP contribution in [0, 0.1) is 6.92 Å². The fourth-order valence-corrected chi connectivity index (χ4v) is 4.67. The van der Waals surface area contributed by atoms with Gasteiger partial charge in [0.25, 0.3) is 5.91 Å². The number of aryl methyl sites for hydroxylation is 2. The van der Waals surface area contributed by atoms with Crippen molar-refractivity contribution < 1.29 is 9.59 Å². The third-order valence-electron chi connectivity index (χ3n) is 6.72. The number of aromatic nitrogens is 2. The van der Waals surface area contributed by atoms with Gasteiger partial charge in [0.05, 0.1) is 11.0 Å². The summed E-state index contributed by atoms with van der Waals surface area (Å²) in [6, 6.07) is 15.9. The molecule has 0 saturated heterocycles. The van der Waals surface area contributed by atoms with Gasteiger partial charge in [0.2, 0.25) is 5.91 Å². The highest BCUT2D eigenvalue weighted by atomic mass is 16.2. The Morgan fingerprint density at radius 1 is 1.06 bits per heavy atom. The molecule has 1 aliphatic rings. The van der Waals surface area contributed by atoms with Crippen LogP contribution in [0.25, 0.3) is 11.0 Å². The molecule has 1 aromatic heterocycles. The molecule has 3 aromatic rings. The summed E-state index contributed by atoms with van der Waals surface area (Å²) in [5.41, 5.74) is 3.70. The number of likely N-dealkylation sites (N-methyl/N-ethyl adjacent to an activating group) is 1. The van der Waals surface area contributed by atoms with Gasteiger partial charge < -0.3 is 14.8 Å². The lowest BCUT2D eigenvalue weighted by atomic mass is 9.94. The molecule has 1 saturated carbocycles. The molecular formula is C27H34N4O2. The Labute approximate surface area is 196 Å². The number of benzene rings is 2. The van der Waals surface area contributed by atoms with Gasteiger partial charge >= 0.3 is 0 Å². The summed E-state index contributed by atoms with van der Waals surface area (Å²) in [6.45, 7) is 2.87. The van der Waals surface area contributed by atoms with Gasteiger partial charge in [-0.2, -0.15) is 0 Å². The minimum Gasteiger partial charge on any atom is -0.352 e. The number of imidazole rings is 1. The van der Waals surface area contributed by atoms with Crippen molar-refractivity contribution in [2.75, 3.05) is 13.6 Å². The van der Waals surface area contributed by atoms with Crippen molar-refractivity contribution in [2.45, 2.75) is 64.5 Å². The zero-order valence-electron chi connectivity index (χ0n) is 19.7. The Bertz CT molecular complexity index is 1100. The zero-order chi connectivity index (χ0) is 23.2. The summed E-state index contributed by atoms with van der Waals surface area (Å²) in [6.07, 6.45) is 7.33. The monoisotopic (exact) mass is 446 g/mol. The van der Waals surface area contributed by atoms with Crippen molar-refractivity contribution in [3.05, 3.63) is 65.5 Å². The topological polar surface area (TPSA) is 67.2 Å². The number of hydrogen-bond donors (Lipinski definition) is 1. The smallest absolute Gasteiger partial charge is 0.251 e. The van der Waals surface area contributed by atoms with Crippen LogP contribution in [0.5, 0.6) is 0 Å². The molecule has 0 radical (unpaired) electrons. The average Bonchev–Trinajstić information content (AvgIpc) is 3.19. The first-order chi connectivity index (χ1) is 16.0. The zero-order valence-corrected chi connectivity index (χ0v) is 19.7. The lowest BCUT2D eigenvalue weighted by Crippen LogP contribution is -2.40. The van der Waals surface area contributed by atoms with Gasteiger partial charge in [-0.1, -0.05) is 49.1 Å². The summed E-state index contributed by atoms with van der Waals surface area (Å²) in [5.74, 6) is 0.970. The number of fused-ring (bicyclic) bond motifs is 1. The van der Waals surface area contributed by atoms with E-state index in [9.17, 15) is 9.59 Å². The predicted molar refractivity (Wildman–Crippen MR) is 131 cm³/mol. The molecule has 0 unspecified atom stereocenters. The van der Waals surface area contributed by atoms with E-state index >= 15 is 0 Å². The van der Waals surface area contributed by atoms with E-state index in [1.807, 2.05) is 67.4 Å². The van der Waals surface area contributed by atoms with Gasteiger partial charge in [-0.3, -0.25) is 9.59 Å². The molecule has 2 amide bonds. The number of hydrogen-bond acceptors (Lipinski definition) is 3. The van der Waals surface area contributed by atoms with Gasteiger partial charge in [0.15, 0.2) is 0 Å². The van der Waals surface area contributed by atoms with E-state index in [4.69, 9.17) is 4.98 Å². The molecule has 0 bridgehead atoms. The Balaban J connectivity index is 1.40. The largest absolute Gasteiger partial charge is 0.352 e. The Morgan fingerprint density at radius 3 is 2.55 bits per heavy atom. The fraction of sp³-hybridized carbons (Fsp3) is 0.444. The lowest BCUT2D eigenvalue weighted by Gasteiger charge is -2.31. The number of amides is 2. The molecule has 6 heteroatoms. The van der Waals surface area contributed by atoms with E-state index in [1.165, 1.54) is 19.3 Å². The SMILES string of the molecule is Cc1ccc(C(=O)NCCCc2nc3ccccc3n2CC(=O)N(C)C2CCCCC2)cc1. The maximum atomic E-state index is 13.1. The summed E-state index contributed by atoms with van der Waals surface area (Å²) >= 11 is 0. The number of carbonyl (C=O) groups excluding carboxylic acids is 2. The third-order valence-corrected chi connectivity index (χ3v) is 6.72. The van der Waals surface area contributed by atoms with Crippen molar-refractivity contribution in [3.8, 4) is 0 Å². The summed E-state index contributed by atoms with van der Waals surface area (Å²) in [7, 11) is 1.94. The molecule has 4 rings (SSSR count). The molecule has 1 aliphatic carbocycles. The first-order valence-corrected chi connectivity index (χ1v) is 12.1. The minimum atomic E-state index is -0.0622. The second-order valence-electron chi connectivity index (χ2n) is 9.12. The molecule has 1 fully saturated rings. The number of nitrogens with zero attached hydrogens (tertiary/aromatic N) is 3. The van der Waals surface area contributed by atoms with Crippen molar-refractivity contribution in [2.24, 2.45) is 0 Å². The van der Waals surface area contributed by atoms with Crippen molar-refractivity contribution in [1.29, 1.82) is 0 Å². The van der Waals surface area contributed by atoms with E-state index in [-0.39, 0.29) is 11.8 Å². The number of nitrogens with one attached hydrogen (secondary N) is 1. The molecule has 174 valence electrons. The molecule has 0 spiro atoms. The molecule has 33 heavy (non-hydrogen) atoms. The van der Waals surface area contributed by atoms with E-state index in [1.54, 1.807) is 0 Å². The second kappa shape index (κ2) is 10.6. The summed E-state index contributed by atoms with van der Waals surface area (Å²) in [5, 5.41) is 2.99. The number of carbonyl (C=O) groups is 2. The molecule has 6 nitrogen and oxygen atoms in total. The van der Waals surface area contributed by atoms with Gasteiger partial charge in [-0.25, -0.2) is 4.98 Å². The van der Waals surface area contributed by atoms with Gasteiger partial charge in [0.1, 0.15) is 12.4 Å². The van der Waals surface area contributed by atoms with Crippen LogP contribution in [0.1, 0.15) is 60.3 Å². The molecule has 0 atom stereocenters. The minimum absolute atomic E-state index is 0.0622. The van der Waals surface area contributed by atoms with Crippen LogP contribution in [0.3, 0.4) is 0 Å². The molecular weight excluding hydrogens is 412 g/mol. The van der Waals surface area contributed by atoms with Crippen LogP contribution in [0.4, 0.5) is 0 Å². The highest BCUT2D eigenvalue weighted by Gasteiger charge is 2.23. The second-order valence-corrected chi connectivity index (χ2v) is 9.12. The Hall–Kier alpha value is -3.15. The molecule has 0 aliphatic heterocycles. The standard InChI is InChI=1S/C27H34N4O2/c1-20-14-16-21(17-15-20)27(33)28-18-8-13-25-29-23-11-6-7-12-24(23)31(25)19-26(32)30(2)22-9-4-3-5-10-22/h6-7,11-12,14-17,22H,3-5,8-10,13,18-19H2,1-2H3,(H,28,33). The van der Waals surface area contributed by atoms with Gasteiger partial charge in [-0.05, 0) is 50.5 Å². The third kappa shape index (κ3) is 5.62. The van der Waals surface area contributed by atoms with E-state index in [0.717, 1.165) is 41.7 Å². The van der Waals surface area contributed by atoms with E-state index < -0.39 is 0 Å². The summed E-state index contributed by atoms with van der Waals surface area (Å²) in [4.78, 5) is 32.2. The van der Waals surface area contributed by atoms with Crippen molar-refractivity contribution >= 4 is 22.8 Å². The number of rotatable bonds is 8. The quantitative estimate of drug-likeness (QED) is 0.518. The lowest BCUT2D eigenvalue weighted by molar-refractivity contribution is -0.133. The first-order valence-electron chi connectivity index (χ1n) is 12.1. The van der Waals surface area contributed by atoms with Crippen LogP contribution in [-0.4, -0.2) is 45.9 Å². The van der Waals surface area contributed by atoms with Crippen LogP contribution in [0.15, 0.2) is 48.5 Å². The van der Waals surface area contributed by atoms with Gasteiger partial charge in [-0.15, -0.1) is 0 Å². The average molecular weight is 447 g/mol. The molecule has 1 N–H and O–H groups in total. The predicted octanol–water partition coefficient (Wildman–Crippen LogP) is 4.50. The number of para-hydroxylation sites is 2. The van der Waals surface area contributed by atoms with E-state index in [2.05, 4.69) is 9.88 Å². The highest BCUT2D eigenvalue weighted by Crippen LogP contribution is 2.23. The maximum absolute atomic E-state index is 13.1. The van der Waals surface area contributed by atoms with Crippen molar-refractivity contribution in [1.82, 2.24) is 19.8 Å². The highest BCUT2D eigenvalue weighted by molar-refractivity contribution is 5.94.